The molecule has 14 heavy (non-hydrogen) atoms. The fraction of sp³-hybridized carbons (Fsp3) is 0.833. The van der Waals surface area contributed by atoms with Crippen molar-refractivity contribution in [2.45, 2.75) is 27.7 Å². The summed E-state index contributed by atoms with van der Waals surface area (Å²) in [5.74, 6) is 1.51. The third-order valence-electron chi connectivity index (χ3n) is 2.28. The van der Waals surface area contributed by atoms with Crippen LogP contribution in [0.3, 0.4) is 0 Å². The van der Waals surface area contributed by atoms with Gasteiger partial charge in [-0.05, 0) is 18.0 Å². The Morgan fingerprint density at radius 1 is 1.07 bits per heavy atom. The van der Waals surface area contributed by atoms with Crippen molar-refractivity contribution in [3.8, 4) is 0 Å². The lowest BCUT2D eigenvalue weighted by molar-refractivity contribution is 0.145. The molecule has 1 heterocycles. The van der Waals surface area contributed by atoms with Gasteiger partial charge in [-0.1, -0.05) is 33.8 Å². The molecule has 0 unspecified atom stereocenters. The minimum atomic E-state index is 0.749. The summed E-state index contributed by atoms with van der Waals surface area (Å²) in [6.45, 7) is 13.7. The summed E-state index contributed by atoms with van der Waals surface area (Å²) in [6.07, 6.45) is 4.52. The van der Waals surface area contributed by atoms with E-state index >= 15 is 0 Å². The van der Waals surface area contributed by atoms with Gasteiger partial charge in [0.2, 0.25) is 0 Å². The maximum absolute atomic E-state index is 2.51. The van der Waals surface area contributed by atoms with E-state index in [0.717, 1.165) is 25.0 Å². The normalized spacial score (nSPS) is 18.6. The second kappa shape index (κ2) is 5.40. The Kier molecular flexibility index (Phi) is 4.46. The molecule has 0 atom stereocenters. The number of hydrogen-bond donors (Lipinski definition) is 0. The summed E-state index contributed by atoms with van der Waals surface area (Å²) in [5.41, 5.74) is 0. The SMILES string of the molecule is CC(C)CN1C=CCN(CC(C)C)C1. The third kappa shape index (κ3) is 4.14. The van der Waals surface area contributed by atoms with Gasteiger partial charge in [-0.2, -0.15) is 0 Å². The van der Waals surface area contributed by atoms with Crippen molar-refractivity contribution in [2.75, 3.05) is 26.3 Å². The highest BCUT2D eigenvalue weighted by molar-refractivity contribution is 4.90. The Bertz CT molecular complexity index is 185. The molecule has 0 fully saturated rings. The Hall–Kier alpha value is -0.500. The molecular weight excluding hydrogens is 172 g/mol. The lowest BCUT2D eigenvalue weighted by Gasteiger charge is -2.34. The van der Waals surface area contributed by atoms with Crippen LogP contribution in [-0.4, -0.2) is 36.1 Å². The smallest absolute Gasteiger partial charge is 0.0704 e. The second-order valence-corrected chi connectivity index (χ2v) is 5.12. The maximum Gasteiger partial charge on any atom is 0.0704 e. The summed E-state index contributed by atoms with van der Waals surface area (Å²) >= 11 is 0. The highest BCUT2D eigenvalue weighted by Crippen LogP contribution is 2.08. The van der Waals surface area contributed by atoms with E-state index in [1.165, 1.54) is 13.1 Å². The van der Waals surface area contributed by atoms with Crippen LogP contribution in [0.1, 0.15) is 27.7 Å². The second-order valence-electron chi connectivity index (χ2n) is 5.12. The average Bonchev–Trinajstić information content (AvgIpc) is 2.01. The van der Waals surface area contributed by atoms with E-state index in [9.17, 15) is 0 Å². The van der Waals surface area contributed by atoms with E-state index in [2.05, 4.69) is 49.8 Å². The fourth-order valence-corrected chi connectivity index (χ4v) is 1.94. The standard InChI is InChI=1S/C12H24N2/c1-11(2)8-13-6-5-7-14(10-13)9-12(3)4/h5-6,11-12H,7-10H2,1-4H3. The zero-order valence-electron chi connectivity index (χ0n) is 10.0. The van der Waals surface area contributed by atoms with Crippen molar-refractivity contribution in [3.05, 3.63) is 12.3 Å². The number of hydrogen-bond acceptors (Lipinski definition) is 2. The van der Waals surface area contributed by atoms with Crippen molar-refractivity contribution in [3.63, 3.8) is 0 Å². The molecule has 0 saturated heterocycles. The first-order valence-corrected chi connectivity index (χ1v) is 5.71. The van der Waals surface area contributed by atoms with Gasteiger partial charge >= 0.3 is 0 Å². The van der Waals surface area contributed by atoms with Gasteiger partial charge < -0.3 is 4.90 Å². The molecule has 0 bridgehead atoms. The van der Waals surface area contributed by atoms with Gasteiger partial charge in [0.05, 0.1) is 6.67 Å². The van der Waals surface area contributed by atoms with Crippen LogP contribution in [0.15, 0.2) is 12.3 Å². The molecule has 0 radical (unpaired) electrons. The number of rotatable bonds is 4. The zero-order chi connectivity index (χ0) is 10.6. The first-order chi connectivity index (χ1) is 6.58. The quantitative estimate of drug-likeness (QED) is 0.681. The first-order valence-electron chi connectivity index (χ1n) is 5.71. The topological polar surface area (TPSA) is 6.48 Å². The Balaban J connectivity index is 2.35. The van der Waals surface area contributed by atoms with Gasteiger partial charge in [0.1, 0.15) is 0 Å². The zero-order valence-corrected chi connectivity index (χ0v) is 10.0. The van der Waals surface area contributed by atoms with E-state index < -0.39 is 0 Å². The Morgan fingerprint density at radius 3 is 2.29 bits per heavy atom. The van der Waals surface area contributed by atoms with Crippen molar-refractivity contribution < 1.29 is 0 Å². The van der Waals surface area contributed by atoms with Crippen molar-refractivity contribution >= 4 is 0 Å². The van der Waals surface area contributed by atoms with Gasteiger partial charge in [0, 0.05) is 19.6 Å². The van der Waals surface area contributed by atoms with Crippen LogP contribution in [0.4, 0.5) is 0 Å². The summed E-state index contributed by atoms with van der Waals surface area (Å²) in [7, 11) is 0. The molecule has 0 amide bonds. The molecule has 0 aromatic carbocycles. The molecule has 1 rings (SSSR count). The Morgan fingerprint density at radius 2 is 1.71 bits per heavy atom. The minimum Gasteiger partial charge on any atom is -0.365 e. The molecule has 0 spiro atoms. The first kappa shape index (κ1) is 11.6. The average molecular weight is 196 g/mol. The molecule has 1 aliphatic heterocycles. The molecule has 1 aliphatic rings. The molecule has 0 saturated carbocycles. The predicted molar refractivity (Wildman–Crippen MR) is 62.0 cm³/mol. The van der Waals surface area contributed by atoms with Gasteiger partial charge in [0.25, 0.3) is 0 Å². The minimum absolute atomic E-state index is 0.749. The largest absolute Gasteiger partial charge is 0.365 e. The molecule has 2 heteroatoms. The van der Waals surface area contributed by atoms with Crippen molar-refractivity contribution in [1.82, 2.24) is 9.80 Å². The summed E-state index contributed by atoms with van der Waals surface area (Å²) in [5, 5.41) is 0. The molecule has 0 aromatic heterocycles. The molecule has 2 nitrogen and oxygen atoms in total. The third-order valence-corrected chi connectivity index (χ3v) is 2.28. The molecule has 0 N–H and O–H groups in total. The van der Waals surface area contributed by atoms with Crippen LogP contribution in [0.2, 0.25) is 0 Å². The molecule has 82 valence electrons. The van der Waals surface area contributed by atoms with Crippen LogP contribution >= 0.6 is 0 Å². The summed E-state index contributed by atoms with van der Waals surface area (Å²) < 4.78 is 0. The van der Waals surface area contributed by atoms with E-state index in [4.69, 9.17) is 0 Å². The van der Waals surface area contributed by atoms with Gasteiger partial charge in [0.15, 0.2) is 0 Å². The monoisotopic (exact) mass is 196 g/mol. The van der Waals surface area contributed by atoms with Crippen molar-refractivity contribution in [2.24, 2.45) is 11.8 Å². The lowest BCUT2D eigenvalue weighted by atomic mass is 10.2. The maximum atomic E-state index is 2.51. The van der Waals surface area contributed by atoms with E-state index in [1.54, 1.807) is 0 Å². The van der Waals surface area contributed by atoms with E-state index in [0.29, 0.717) is 0 Å². The van der Waals surface area contributed by atoms with Crippen LogP contribution in [0.5, 0.6) is 0 Å². The van der Waals surface area contributed by atoms with Crippen molar-refractivity contribution in [1.29, 1.82) is 0 Å². The Labute approximate surface area is 88.6 Å². The van der Waals surface area contributed by atoms with Crippen LogP contribution in [-0.2, 0) is 0 Å². The fourth-order valence-electron chi connectivity index (χ4n) is 1.94. The van der Waals surface area contributed by atoms with E-state index in [1.807, 2.05) is 0 Å². The van der Waals surface area contributed by atoms with E-state index in [-0.39, 0.29) is 0 Å². The highest BCUT2D eigenvalue weighted by Gasteiger charge is 2.13. The van der Waals surface area contributed by atoms with Gasteiger partial charge in [-0.3, -0.25) is 4.90 Å². The van der Waals surface area contributed by atoms with Crippen LogP contribution in [0, 0.1) is 11.8 Å². The summed E-state index contributed by atoms with van der Waals surface area (Å²) in [4.78, 5) is 4.92. The van der Waals surface area contributed by atoms with Gasteiger partial charge in [-0.15, -0.1) is 0 Å². The lowest BCUT2D eigenvalue weighted by Crippen LogP contribution is -2.41. The molecular formula is C12H24N2. The molecule has 0 aromatic rings. The van der Waals surface area contributed by atoms with Crippen LogP contribution in [0.25, 0.3) is 0 Å². The van der Waals surface area contributed by atoms with Gasteiger partial charge in [-0.25, -0.2) is 0 Å². The predicted octanol–water partition coefficient (Wildman–Crippen LogP) is 2.39. The van der Waals surface area contributed by atoms with Crippen LogP contribution < -0.4 is 0 Å². The number of nitrogens with zero attached hydrogens (tertiary/aromatic N) is 2. The molecule has 0 aliphatic carbocycles. The summed E-state index contributed by atoms with van der Waals surface area (Å²) in [6, 6.07) is 0. The highest BCUT2D eigenvalue weighted by atomic mass is 15.3.